The second-order valence-electron chi connectivity index (χ2n) is 7.14. The van der Waals surface area contributed by atoms with Gasteiger partial charge in [-0.1, -0.05) is 73.1 Å². The van der Waals surface area contributed by atoms with Crippen LogP contribution in [0.4, 0.5) is 0 Å². The van der Waals surface area contributed by atoms with Gasteiger partial charge in [0, 0.05) is 34.2 Å². The molecule has 0 saturated carbocycles. The van der Waals surface area contributed by atoms with Crippen molar-refractivity contribution < 1.29 is 14.3 Å². The van der Waals surface area contributed by atoms with Gasteiger partial charge < -0.3 is 9.47 Å². The molecule has 4 nitrogen and oxygen atoms in total. The molecule has 0 radical (unpaired) electrons. The van der Waals surface area contributed by atoms with Crippen LogP contribution >= 0.6 is 11.6 Å². The van der Waals surface area contributed by atoms with Gasteiger partial charge in [0.2, 0.25) is 0 Å². The lowest BCUT2D eigenvalue weighted by Crippen LogP contribution is -2.07. The van der Waals surface area contributed by atoms with Gasteiger partial charge in [0.05, 0.1) is 11.9 Å². The zero-order chi connectivity index (χ0) is 21.6. The lowest BCUT2D eigenvalue weighted by atomic mass is 10.0. The molecule has 1 heterocycles. The summed E-state index contributed by atoms with van der Waals surface area (Å²) < 4.78 is 11.6. The Kier molecular flexibility index (Phi) is 6.48. The van der Waals surface area contributed by atoms with Gasteiger partial charge in [-0.25, -0.2) is 0 Å². The molecule has 4 aromatic rings. The van der Waals surface area contributed by atoms with E-state index in [-0.39, 0.29) is 5.97 Å². The van der Waals surface area contributed by atoms with E-state index in [2.05, 4.69) is 4.98 Å². The Balaban J connectivity index is 1.60. The molecule has 0 aliphatic carbocycles. The van der Waals surface area contributed by atoms with Gasteiger partial charge in [-0.15, -0.1) is 0 Å². The molecule has 4 rings (SSSR count). The molecule has 0 amide bonds. The van der Waals surface area contributed by atoms with Gasteiger partial charge in [-0.3, -0.25) is 9.78 Å². The van der Waals surface area contributed by atoms with E-state index in [4.69, 9.17) is 21.1 Å². The molecule has 0 N–H and O–H groups in total. The summed E-state index contributed by atoms with van der Waals surface area (Å²) >= 11 is 5.96. The summed E-state index contributed by atoms with van der Waals surface area (Å²) in [5.74, 6) is 1.02. The van der Waals surface area contributed by atoms with Gasteiger partial charge in [0.15, 0.2) is 5.75 Å². The van der Waals surface area contributed by atoms with Crippen LogP contribution < -0.4 is 9.47 Å². The number of esters is 1. The molecule has 156 valence electrons. The van der Waals surface area contributed by atoms with Crippen molar-refractivity contribution in [2.75, 3.05) is 0 Å². The molecule has 0 atom stereocenters. The summed E-state index contributed by atoms with van der Waals surface area (Å²) in [6, 6.07) is 23.4. The van der Waals surface area contributed by atoms with Crippen LogP contribution in [0.2, 0.25) is 5.02 Å². The lowest BCUT2D eigenvalue weighted by Gasteiger charge is -2.14. The van der Waals surface area contributed by atoms with Crippen molar-refractivity contribution in [2.24, 2.45) is 0 Å². The van der Waals surface area contributed by atoms with Crippen LogP contribution in [0.1, 0.15) is 30.2 Å². The molecule has 31 heavy (non-hydrogen) atoms. The van der Waals surface area contributed by atoms with Crippen molar-refractivity contribution in [3.63, 3.8) is 0 Å². The molecule has 0 spiro atoms. The van der Waals surface area contributed by atoms with E-state index < -0.39 is 0 Å². The zero-order valence-corrected chi connectivity index (χ0v) is 17.9. The molecular formula is C26H22ClNO3. The first-order chi connectivity index (χ1) is 15.1. The van der Waals surface area contributed by atoms with Crippen LogP contribution in [-0.4, -0.2) is 11.0 Å². The quantitative estimate of drug-likeness (QED) is 0.319. The standard InChI is InChI=1S/C26H22ClNO3/c1-2-26(29)31-25-16-28-23(21-8-4-5-9-22(21)25)15-19-7-3-6-10-24(19)30-17-18-11-13-20(27)14-12-18/h3-14,16H,2,15,17H2,1H3. The minimum absolute atomic E-state index is 0.277. The maximum Gasteiger partial charge on any atom is 0.310 e. The minimum atomic E-state index is -0.277. The number of halogens is 1. The fourth-order valence-corrected chi connectivity index (χ4v) is 3.48. The average Bonchev–Trinajstić information content (AvgIpc) is 2.81. The Labute approximate surface area is 186 Å². The Hall–Kier alpha value is -3.37. The second-order valence-corrected chi connectivity index (χ2v) is 7.58. The van der Waals surface area contributed by atoms with Crippen molar-refractivity contribution in [3.05, 3.63) is 101 Å². The lowest BCUT2D eigenvalue weighted by molar-refractivity contribution is -0.133. The molecule has 3 aromatic carbocycles. The van der Waals surface area contributed by atoms with Crippen LogP contribution in [0.3, 0.4) is 0 Å². The third-order valence-electron chi connectivity index (χ3n) is 4.99. The van der Waals surface area contributed by atoms with Crippen LogP contribution in [0.15, 0.2) is 79.0 Å². The number of aromatic nitrogens is 1. The third kappa shape index (κ3) is 5.04. The summed E-state index contributed by atoms with van der Waals surface area (Å²) in [5.41, 5.74) is 2.98. The van der Waals surface area contributed by atoms with Crippen LogP contribution in [0.25, 0.3) is 10.8 Å². The first-order valence-corrected chi connectivity index (χ1v) is 10.5. The number of fused-ring (bicyclic) bond motifs is 1. The number of pyridine rings is 1. The SMILES string of the molecule is CCC(=O)Oc1cnc(Cc2ccccc2OCc2ccc(Cl)cc2)c2ccccc12. The Morgan fingerprint density at radius 2 is 1.61 bits per heavy atom. The average molecular weight is 432 g/mol. The summed E-state index contributed by atoms with van der Waals surface area (Å²) in [6.45, 7) is 2.22. The van der Waals surface area contributed by atoms with Gasteiger partial charge >= 0.3 is 5.97 Å². The highest BCUT2D eigenvalue weighted by Gasteiger charge is 2.13. The Morgan fingerprint density at radius 1 is 0.903 bits per heavy atom. The summed E-state index contributed by atoms with van der Waals surface area (Å²) in [5, 5.41) is 2.53. The highest BCUT2D eigenvalue weighted by atomic mass is 35.5. The molecule has 0 unspecified atom stereocenters. The maximum atomic E-state index is 11.8. The first kappa shape index (κ1) is 20.9. The number of hydrogen-bond donors (Lipinski definition) is 0. The van der Waals surface area contributed by atoms with E-state index in [0.717, 1.165) is 33.3 Å². The number of nitrogens with zero attached hydrogens (tertiary/aromatic N) is 1. The topological polar surface area (TPSA) is 48.4 Å². The monoisotopic (exact) mass is 431 g/mol. The van der Waals surface area contributed by atoms with E-state index in [1.807, 2.05) is 72.8 Å². The Morgan fingerprint density at radius 3 is 2.39 bits per heavy atom. The van der Waals surface area contributed by atoms with E-state index in [0.29, 0.717) is 30.2 Å². The summed E-state index contributed by atoms with van der Waals surface area (Å²) in [6.07, 6.45) is 2.54. The number of para-hydroxylation sites is 1. The molecule has 0 aliphatic rings. The Bertz CT molecular complexity index is 1200. The molecule has 5 heteroatoms. The van der Waals surface area contributed by atoms with Gasteiger partial charge in [-0.2, -0.15) is 0 Å². The van der Waals surface area contributed by atoms with E-state index >= 15 is 0 Å². The van der Waals surface area contributed by atoms with E-state index in [9.17, 15) is 4.79 Å². The molecule has 0 aliphatic heterocycles. The van der Waals surface area contributed by atoms with Crippen molar-refractivity contribution in [1.82, 2.24) is 4.98 Å². The number of rotatable bonds is 7. The van der Waals surface area contributed by atoms with Crippen molar-refractivity contribution in [1.29, 1.82) is 0 Å². The highest BCUT2D eigenvalue weighted by Crippen LogP contribution is 2.30. The predicted molar refractivity (Wildman–Crippen MR) is 123 cm³/mol. The summed E-state index contributed by atoms with van der Waals surface area (Å²) in [7, 11) is 0. The number of benzene rings is 3. The molecule has 0 fully saturated rings. The van der Waals surface area contributed by atoms with Crippen LogP contribution in [0, 0.1) is 0 Å². The van der Waals surface area contributed by atoms with Crippen LogP contribution in [-0.2, 0) is 17.8 Å². The van der Waals surface area contributed by atoms with E-state index in [1.165, 1.54) is 0 Å². The highest BCUT2D eigenvalue weighted by molar-refractivity contribution is 6.30. The van der Waals surface area contributed by atoms with Crippen LogP contribution in [0.5, 0.6) is 11.5 Å². The fourth-order valence-electron chi connectivity index (χ4n) is 3.36. The van der Waals surface area contributed by atoms with Crippen molar-refractivity contribution in [3.8, 4) is 11.5 Å². The predicted octanol–water partition coefficient (Wildman–Crippen LogP) is 6.37. The van der Waals surface area contributed by atoms with Gasteiger partial charge in [0.1, 0.15) is 12.4 Å². The largest absolute Gasteiger partial charge is 0.489 e. The van der Waals surface area contributed by atoms with Crippen molar-refractivity contribution >= 4 is 28.3 Å². The second kappa shape index (κ2) is 9.63. The smallest absolute Gasteiger partial charge is 0.310 e. The normalized spacial score (nSPS) is 10.8. The molecule has 0 saturated heterocycles. The third-order valence-corrected chi connectivity index (χ3v) is 5.24. The number of ether oxygens (including phenoxy) is 2. The minimum Gasteiger partial charge on any atom is -0.489 e. The van der Waals surface area contributed by atoms with Gasteiger partial charge in [-0.05, 0) is 23.8 Å². The number of carbonyl (C=O) groups is 1. The number of hydrogen-bond acceptors (Lipinski definition) is 4. The number of carbonyl (C=O) groups excluding carboxylic acids is 1. The molecular weight excluding hydrogens is 410 g/mol. The summed E-state index contributed by atoms with van der Waals surface area (Å²) in [4.78, 5) is 16.4. The van der Waals surface area contributed by atoms with E-state index in [1.54, 1.807) is 13.1 Å². The van der Waals surface area contributed by atoms with Crippen molar-refractivity contribution in [2.45, 2.75) is 26.4 Å². The maximum absolute atomic E-state index is 11.8. The first-order valence-electron chi connectivity index (χ1n) is 10.2. The molecule has 0 bridgehead atoms. The molecule has 1 aromatic heterocycles. The fraction of sp³-hybridized carbons (Fsp3) is 0.154. The van der Waals surface area contributed by atoms with Gasteiger partial charge in [0.25, 0.3) is 0 Å². The zero-order valence-electron chi connectivity index (χ0n) is 17.2.